The molecule has 1 saturated heterocycles. The Morgan fingerprint density at radius 1 is 1.31 bits per heavy atom. The van der Waals surface area contributed by atoms with Crippen molar-refractivity contribution in [1.82, 2.24) is 4.37 Å². The standard InChI is InChI=1S/C19H22ClN3O2S/c1-24-16-9-7-13(11-17(16)25-2)6-8-14-5-3-4-10-23(14)19-15(12-21)18(20)22-26-19/h7,9,11,14H,3-6,8,10H2,1-2H3. The highest BCUT2D eigenvalue weighted by molar-refractivity contribution is 7.10. The number of aromatic nitrogens is 1. The van der Waals surface area contributed by atoms with Crippen molar-refractivity contribution in [2.24, 2.45) is 0 Å². The Morgan fingerprint density at radius 3 is 2.85 bits per heavy atom. The van der Waals surface area contributed by atoms with Crippen LogP contribution in [0.3, 0.4) is 0 Å². The van der Waals surface area contributed by atoms with Crippen molar-refractivity contribution < 1.29 is 9.47 Å². The molecule has 26 heavy (non-hydrogen) atoms. The van der Waals surface area contributed by atoms with Gasteiger partial charge >= 0.3 is 0 Å². The Labute approximate surface area is 163 Å². The molecule has 2 heterocycles. The molecule has 5 nitrogen and oxygen atoms in total. The van der Waals surface area contributed by atoms with Crippen LogP contribution in [0.2, 0.25) is 5.15 Å². The topological polar surface area (TPSA) is 58.4 Å². The van der Waals surface area contributed by atoms with E-state index < -0.39 is 0 Å². The number of rotatable bonds is 6. The van der Waals surface area contributed by atoms with Crippen LogP contribution in [0.4, 0.5) is 5.00 Å². The predicted octanol–water partition coefficient (Wildman–Crippen LogP) is 4.68. The van der Waals surface area contributed by atoms with Crippen LogP contribution in [0.5, 0.6) is 11.5 Å². The van der Waals surface area contributed by atoms with E-state index in [2.05, 4.69) is 21.4 Å². The quantitative estimate of drug-likeness (QED) is 0.715. The number of hydrogen-bond acceptors (Lipinski definition) is 6. The summed E-state index contributed by atoms with van der Waals surface area (Å²) >= 11 is 7.40. The first kappa shape index (κ1) is 18.8. The average Bonchev–Trinajstić information content (AvgIpc) is 3.06. The van der Waals surface area contributed by atoms with Gasteiger partial charge < -0.3 is 14.4 Å². The minimum Gasteiger partial charge on any atom is -0.493 e. The largest absolute Gasteiger partial charge is 0.493 e. The third-order valence-electron chi connectivity index (χ3n) is 4.85. The van der Waals surface area contributed by atoms with E-state index in [1.807, 2.05) is 12.1 Å². The zero-order valence-corrected chi connectivity index (χ0v) is 16.6. The third kappa shape index (κ3) is 3.89. The number of ether oxygens (including phenoxy) is 2. The summed E-state index contributed by atoms with van der Waals surface area (Å²) in [5.41, 5.74) is 1.73. The van der Waals surface area contributed by atoms with E-state index in [1.165, 1.54) is 23.5 Å². The van der Waals surface area contributed by atoms with E-state index in [4.69, 9.17) is 21.1 Å². The van der Waals surface area contributed by atoms with Gasteiger partial charge in [-0.15, -0.1) is 0 Å². The van der Waals surface area contributed by atoms with Crippen molar-refractivity contribution in [1.29, 1.82) is 5.26 Å². The zero-order chi connectivity index (χ0) is 18.5. The molecule has 1 aliphatic rings. The van der Waals surface area contributed by atoms with Gasteiger partial charge in [0.2, 0.25) is 0 Å². The molecule has 1 fully saturated rings. The second-order valence-electron chi connectivity index (χ2n) is 6.34. The molecule has 0 radical (unpaired) electrons. The summed E-state index contributed by atoms with van der Waals surface area (Å²) in [6.07, 6.45) is 5.41. The monoisotopic (exact) mass is 391 g/mol. The lowest BCUT2D eigenvalue weighted by atomic mass is 9.95. The SMILES string of the molecule is COc1ccc(CCC2CCCCN2c2snc(Cl)c2C#N)cc1OC. The van der Waals surface area contributed by atoms with E-state index in [-0.39, 0.29) is 0 Å². The summed E-state index contributed by atoms with van der Waals surface area (Å²) in [6.45, 7) is 0.948. The van der Waals surface area contributed by atoms with Crippen molar-refractivity contribution in [2.45, 2.75) is 38.1 Å². The van der Waals surface area contributed by atoms with E-state index >= 15 is 0 Å². The van der Waals surface area contributed by atoms with Gasteiger partial charge in [-0.3, -0.25) is 0 Å². The van der Waals surface area contributed by atoms with Crippen molar-refractivity contribution in [2.75, 3.05) is 25.7 Å². The molecule has 7 heteroatoms. The maximum Gasteiger partial charge on any atom is 0.162 e. The molecule has 1 aromatic carbocycles. The number of nitrogens with zero attached hydrogens (tertiary/aromatic N) is 3. The molecule has 1 atom stereocenters. The smallest absolute Gasteiger partial charge is 0.162 e. The number of nitriles is 1. The zero-order valence-electron chi connectivity index (χ0n) is 15.0. The molecule has 1 unspecified atom stereocenters. The van der Waals surface area contributed by atoms with Crippen LogP contribution in [0.25, 0.3) is 0 Å². The molecule has 0 amide bonds. The number of halogens is 1. The molecule has 1 aromatic heterocycles. The molecule has 3 rings (SSSR count). The minimum atomic E-state index is 0.316. The van der Waals surface area contributed by atoms with Crippen molar-refractivity contribution in [3.8, 4) is 17.6 Å². The van der Waals surface area contributed by atoms with Crippen LogP contribution in [0, 0.1) is 11.3 Å². The minimum absolute atomic E-state index is 0.316. The first-order chi connectivity index (χ1) is 12.7. The molecular weight excluding hydrogens is 370 g/mol. The molecule has 0 spiro atoms. The highest BCUT2D eigenvalue weighted by Gasteiger charge is 2.27. The number of hydrogen-bond donors (Lipinski definition) is 0. The van der Waals surface area contributed by atoms with Gasteiger partial charge in [0.05, 0.1) is 14.2 Å². The fourth-order valence-electron chi connectivity index (χ4n) is 3.49. The Hall–Kier alpha value is -1.97. The summed E-state index contributed by atoms with van der Waals surface area (Å²) in [5.74, 6) is 1.50. The van der Waals surface area contributed by atoms with Gasteiger partial charge in [-0.05, 0) is 61.3 Å². The molecule has 2 aromatic rings. The summed E-state index contributed by atoms with van der Waals surface area (Å²) in [7, 11) is 3.30. The van der Waals surface area contributed by atoms with E-state index in [0.717, 1.165) is 48.7 Å². The Kier molecular flexibility index (Phi) is 6.23. The average molecular weight is 392 g/mol. The summed E-state index contributed by atoms with van der Waals surface area (Å²) in [5, 5.41) is 10.6. The van der Waals surface area contributed by atoms with Gasteiger partial charge in [-0.1, -0.05) is 17.7 Å². The molecular formula is C19H22ClN3O2S. The Balaban J connectivity index is 1.74. The molecule has 0 aliphatic carbocycles. The van der Waals surface area contributed by atoms with E-state index in [0.29, 0.717) is 16.8 Å². The number of benzene rings is 1. The van der Waals surface area contributed by atoms with Gasteiger partial charge in [-0.25, -0.2) is 0 Å². The molecule has 1 aliphatic heterocycles. The molecule has 138 valence electrons. The number of anilines is 1. The number of methoxy groups -OCH3 is 2. The highest BCUT2D eigenvalue weighted by Crippen LogP contribution is 2.36. The van der Waals surface area contributed by atoms with Crippen molar-refractivity contribution in [3.63, 3.8) is 0 Å². The van der Waals surface area contributed by atoms with Gasteiger partial charge in [0.1, 0.15) is 16.6 Å². The van der Waals surface area contributed by atoms with Crippen LogP contribution in [0.1, 0.15) is 36.8 Å². The summed E-state index contributed by atoms with van der Waals surface area (Å²) in [4.78, 5) is 2.33. The second kappa shape index (κ2) is 8.61. The first-order valence-electron chi connectivity index (χ1n) is 8.70. The van der Waals surface area contributed by atoms with Crippen LogP contribution in [-0.2, 0) is 6.42 Å². The fourth-order valence-corrected chi connectivity index (χ4v) is 4.62. The van der Waals surface area contributed by atoms with Crippen molar-refractivity contribution >= 4 is 28.1 Å². The molecule has 0 N–H and O–H groups in total. The normalized spacial score (nSPS) is 17.0. The predicted molar refractivity (Wildman–Crippen MR) is 105 cm³/mol. The van der Waals surface area contributed by atoms with Gasteiger partial charge in [0.15, 0.2) is 16.7 Å². The van der Waals surface area contributed by atoms with Crippen LogP contribution >= 0.6 is 23.1 Å². The maximum atomic E-state index is 9.40. The van der Waals surface area contributed by atoms with Crippen LogP contribution in [-0.4, -0.2) is 31.2 Å². The van der Waals surface area contributed by atoms with Crippen molar-refractivity contribution in [3.05, 3.63) is 34.5 Å². The van der Waals surface area contributed by atoms with Crippen LogP contribution < -0.4 is 14.4 Å². The maximum absolute atomic E-state index is 9.40. The lowest BCUT2D eigenvalue weighted by Gasteiger charge is -2.36. The van der Waals surface area contributed by atoms with Gasteiger partial charge in [0, 0.05) is 12.6 Å². The summed E-state index contributed by atoms with van der Waals surface area (Å²) in [6, 6.07) is 8.66. The lowest BCUT2D eigenvalue weighted by molar-refractivity contribution is 0.354. The van der Waals surface area contributed by atoms with E-state index in [1.54, 1.807) is 14.2 Å². The Morgan fingerprint density at radius 2 is 2.12 bits per heavy atom. The number of aryl methyl sites for hydroxylation is 1. The second-order valence-corrected chi connectivity index (χ2v) is 7.45. The fraction of sp³-hybridized carbons (Fsp3) is 0.474. The lowest BCUT2D eigenvalue weighted by Crippen LogP contribution is -2.39. The van der Waals surface area contributed by atoms with Crippen LogP contribution in [0.15, 0.2) is 18.2 Å². The first-order valence-corrected chi connectivity index (χ1v) is 9.86. The van der Waals surface area contributed by atoms with E-state index in [9.17, 15) is 5.26 Å². The van der Waals surface area contributed by atoms with Gasteiger partial charge in [-0.2, -0.15) is 9.64 Å². The highest BCUT2D eigenvalue weighted by atomic mass is 35.5. The Bertz CT molecular complexity index is 803. The van der Waals surface area contributed by atoms with Gasteiger partial charge in [0.25, 0.3) is 0 Å². The third-order valence-corrected chi connectivity index (χ3v) is 6.11. The number of piperidine rings is 1. The summed E-state index contributed by atoms with van der Waals surface area (Å²) < 4.78 is 14.9. The molecule has 0 bridgehead atoms. The molecule has 0 saturated carbocycles.